The second-order valence-corrected chi connectivity index (χ2v) is 6.11. The largest absolute Gasteiger partial charge is 0.444 e. The lowest BCUT2D eigenvalue weighted by molar-refractivity contribution is 0.0475. The van der Waals surface area contributed by atoms with E-state index in [9.17, 15) is 4.79 Å². The molecule has 0 saturated heterocycles. The zero-order chi connectivity index (χ0) is 12.3. The zero-order valence-electron chi connectivity index (χ0n) is 10.5. The summed E-state index contributed by atoms with van der Waals surface area (Å²) in [5, 5.41) is 2.83. The molecule has 0 aromatic rings. The topological polar surface area (TPSA) is 38.3 Å². The van der Waals surface area contributed by atoms with Gasteiger partial charge in [-0.3, -0.25) is 0 Å². The molecule has 0 aliphatic carbocycles. The van der Waals surface area contributed by atoms with E-state index in [1.165, 1.54) is 0 Å². The molecule has 0 aliphatic heterocycles. The molecular weight excluding hydrogens is 210 g/mol. The van der Waals surface area contributed by atoms with Crippen LogP contribution >= 0.6 is 12.6 Å². The molecule has 3 nitrogen and oxygen atoms in total. The molecule has 0 fully saturated rings. The summed E-state index contributed by atoms with van der Waals surface area (Å²) in [4.78, 5) is 11.5. The summed E-state index contributed by atoms with van der Waals surface area (Å²) in [6.07, 6.45) is -0.378. The Labute approximate surface area is 98.4 Å². The standard InChI is InChI=1S/C11H23NO2S/c1-10(2,3)8(7-15)12-9(13)14-11(4,5)6/h8,15H,7H2,1-6H3,(H,12,13). The molecule has 15 heavy (non-hydrogen) atoms. The van der Waals surface area contributed by atoms with E-state index in [4.69, 9.17) is 4.74 Å². The molecule has 1 unspecified atom stereocenters. The normalized spacial score (nSPS) is 14.6. The maximum absolute atomic E-state index is 11.5. The van der Waals surface area contributed by atoms with Crippen molar-refractivity contribution in [3.63, 3.8) is 0 Å². The summed E-state index contributed by atoms with van der Waals surface area (Å²) in [6.45, 7) is 11.7. The summed E-state index contributed by atoms with van der Waals surface area (Å²) in [6, 6.07) is 0.00989. The summed E-state index contributed by atoms with van der Waals surface area (Å²) in [7, 11) is 0. The number of hydrogen-bond acceptors (Lipinski definition) is 3. The first-order chi connectivity index (χ1) is 6.56. The lowest BCUT2D eigenvalue weighted by atomic mass is 9.88. The maximum Gasteiger partial charge on any atom is 0.407 e. The van der Waals surface area contributed by atoms with Gasteiger partial charge in [0.1, 0.15) is 5.60 Å². The highest BCUT2D eigenvalue weighted by Crippen LogP contribution is 2.20. The lowest BCUT2D eigenvalue weighted by Gasteiger charge is -2.31. The molecule has 0 spiro atoms. The Bertz CT molecular complexity index is 216. The van der Waals surface area contributed by atoms with Crippen molar-refractivity contribution < 1.29 is 9.53 Å². The van der Waals surface area contributed by atoms with Gasteiger partial charge in [0.2, 0.25) is 0 Å². The molecule has 1 N–H and O–H groups in total. The van der Waals surface area contributed by atoms with Gasteiger partial charge in [-0.05, 0) is 26.2 Å². The molecule has 0 radical (unpaired) electrons. The second-order valence-electron chi connectivity index (χ2n) is 5.75. The summed E-state index contributed by atoms with van der Waals surface area (Å²) in [5.74, 6) is 0.600. The Morgan fingerprint density at radius 3 is 2.00 bits per heavy atom. The van der Waals surface area contributed by atoms with Crippen molar-refractivity contribution in [2.75, 3.05) is 5.75 Å². The minimum Gasteiger partial charge on any atom is -0.444 e. The first kappa shape index (κ1) is 14.6. The number of ether oxygens (including phenoxy) is 1. The van der Waals surface area contributed by atoms with E-state index >= 15 is 0 Å². The number of nitrogens with one attached hydrogen (secondary N) is 1. The first-order valence-corrected chi connectivity index (χ1v) is 5.80. The van der Waals surface area contributed by atoms with Gasteiger partial charge >= 0.3 is 6.09 Å². The van der Waals surface area contributed by atoms with Crippen LogP contribution < -0.4 is 5.32 Å². The molecule has 1 amide bonds. The Morgan fingerprint density at radius 1 is 1.27 bits per heavy atom. The van der Waals surface area contributed by atoms with Gasteiger partial charge < -0.3 is 10.1 Å². The minimum atomic E-state index is -0.455. The summed E-state index contributed by atoms with van der Waals surface area (Å²) in [5.41, 5.74) is -0.470. The van der Waals surface area contributed by atoms with Gasteiger partial charge in [0.25, 0.3) is 0 Å². The third-order valence-electron chi connectivity index (χ3n) is 1.92. The molecule has 90 valence electrons. The molecule has 0 saturated carbocycles. The number of rotatable bonds is 2. The summed E-state index contributed by atoms with van der Waals surface area (Å²) >= 11 is 4.22. The highest BCUT2D eigenvalue weighted by atomic mass is 32.1. The molecule has 0 aromatic carbocycles. The highest BCUT2D eigenvalue weighted by molar-refractivity contribution is 7.80. The Morgan fingerprint density at radius 2 is 1.73 bits per heavy atom. The number of carbonyl (C=O) groups is 1. The number of thiol groups is 1. The van der Waals surface area contributed by atoms with Crippen LogP contribution in [-0.4, -0.2) is 23.5 Å². The van der Waals surface area contributed by atoms with Crippen molar-refractivity contribution in [3.05, 3.63) is 0 Å². The van der Waals surface area contributed by atoms with E-state index in [0.29, 0.717) is 5.75 Å². The average Bonchev–Trinajstić information content (AvgIpc) is 1.94. The van der Waals surface area contributed by atoms with Crippen LogP contribution in [0.1, 0.15) is 41.5 Å². The smallest absolute Gasteiger partial charge is 0.407 e. The van der Waals surface area contributed by atoms with Crippen LogP contribution in [0, 0.1) is 5.41 Å². The van der Waals surface area contributed by atoms with Crippen LogP contribution in [0.5, 0.6) is 0 Å². The van der Waals surface area contributed by atoms with Crippen molar-refractivity contribution in [1.82, 2.24) is 5.32 Å². The van der Waals surface area contributed by atoms with Crippen molar-refractivity contribution in [3.8, 4) is 0 Å². The zero-order valence-corrected chi connectivity index (χ0v) is 11.4. The van der Waals surface area contributed by atoms with E-state index in [2.05, 4.69) is 38.7 Å². The van der Waals surface area contributed by atoms with Crippen molar-refractivity contribution >= 4 is 18.7 Å². The van der Waals surface area contributed by atoms with E-state index < -0.39 is 5.60 Å². The molecule has 0 bridgehead atoms. The first-order valence-electron chi connectivity index (χ1n) is 5.16. The molecule has 0 rings (SSSR count). The van der Waals surface area contributed by atoms with Crippen molar-refractivity contribution in [2.45, 2.75) is 53.2 Å². The van der Waals surface area contributed by atoms with Crippen LogP contribution in [0.4, 0.5) is 4.79 Å². The number of amides is 1. The van der Waals surface area contributed by atoms with Gasteiger partial charge in [-0.15, -0.1) is 0 Å². The van der Waals surface area contributed by atoms with Crippen LogP contribution in [-0.2, 0) is 4.74 Å². The van der Waals surface area contributed by atoms with Gasteiger partial charge in [0.05, 0.1) is 0 Å². The predicted octanol–water partition coefficient (Wildman–Crippen LogP) is 2.86. The Kier molecular flexibility index (Phi) is 4.97. The van der Waals surface area contributed by atoms with E-state index in [1.807, 2.05) is 20.8 Å². The minimum absolute atomic E-state index is 0.00989. The molecule has 1 atom stereocenters. The maximum atomic E-state index is 11.5. The van der Waals surface area contributed by atoms with Gasteiger partial charge in [-0.2, -0.15) is 12.6 Å². The molecule has 0 aliphatic rings. The number of alkyl carbamates (subject to hydrolysis) is 1. The second kappa shape index (κ2) is 5.10. The monoisotopic (exact) mass is 233 g/mol. The predicted molar refractivity (Wildman–Crippen MR) is 66.5 cm³/mol. The SMILES string of the molecule is CC(C)(C)OC(=O)NC(CS)C(C)(C)C. The number of carbonyl (C=O) groups excluding carboxylic acids is 1. The fourth-order valence-electron chi connectivity index (χ4n) is 0.986. The van der Waals surface area contributed by atoms with E-state index in [-0.39, 0.29) is 17.6 Å². The Balaban J connectivity index is 4.27. The molecule has 4 heteroatoms. The van der Waals surface area contributed by atoms with Crippen LogP contribution in [0.15, 0.2) is 0 Å². The molecular formula is C11H23NO2S. The van der Waals surface area contributed by atoms with Crippen molar-refractivity contribution in [1.29, 1.82) is 0 Å². The van der Waals surface area contributed by atoms with Gasteiger partial charge in [-0.1, -0.05) is 20.8 Å². The average molecular weight is 233 g/mol. The van der Waals surface area contributed by atoms with Crippen LogP contribution in [0.3, 0.4) is 0 Å². The molecule has 0 heterocycles. The van der Waals surface area contributed by atoms with E-state index in [1.54, 1.807) is 0 Å². The fourth-order valence-corrected chi connectivity index (χ4v) is 1.62. The highest BCUT2D eigenvalue weighted by Gasteiger charge is 2.27. The summed E-state index contributed by atoms with van der Waals surface area (Å²) < 4.78 is 5.18. The third-order valence-corrected chi connectivity index (χ3v) is 2.28. The van der Waals surface area contributed by atoms with Crippen LogP contribution in [0.2, 0.25) is 0 Å². The quantitative estimate of drug-likeness (QED) is 0.720. The van der Waals surface area contributed by atoms with E-state index in [0.717, 1.165) is 0 Å². The van der Waals surface area contributed by atoms with Gasteiger partial charge in [0.15, 0.2) is 0 Å². The third kappa shape index (κ3) is 6.66. The van der Waals surface area contributed by atoms with Gasteiger partial charge in [0, 0.05) is 11.8 Å². The fraction of sp³-hybridized carbons (Fsp3) is 0.909. The Hall–Kier alpha value is -0.380. The van der Waals surface area contributed by atoms with Crippen LogP contribution in [0.25, 0.3) is 0 Å². The number of hydrogen-bond donors (Lipinski definition) is 2. The molecule has 0 aromatic heterocycles. The lowest BCUT2D eigenvalue weighted by Crippen LogP contribution is -2.46. The van der Waals surface area contributed by atoms with Crippen molar-refractivity contribution in [2.24, 2.45) is 5.41 Å². The van der Waals surface area contributed by atoms with Gasteiger partial charge in [-0.25, -0.2) is 4.79 Å².